The predicted molar refractivity (Wildman–Crippen MR) is 65.2 cm³/mol. The first kappa shape index (κ1) is 12.7. The van der Waals surface area contributed by atoms with Gasteiger partial charge in [-0.25, -0.2) is 0 Å². The van der Waals surface area contributed by atoms with Gasteiger partial charge in [0.15, 0.2) is 5.78 Å². The highest BCUT2D eigenvalue weighted by Crippen LogP contribution is 2.49. The van der Waals surface area contributed by atoms with E-state index >= 15 is 0 Å². The fourth-order valence-corrected chi connectivity index (χ4v) is 3.60. The van der Waals surface area contributed by atoms with Crippen LogP contribution in [0.2, 0.25) is 0 Å². The molecule has 0 radical (unpaired) electrons. The second-order valence-corrected chi connectivity index (χ2v) is 5.67. The minimum absolute atomic E-state index is 0.0127. The fraction of sp³-hybridized carbons (Fsp3) is 0.533. The highest BCUT2D eigenvalue weighted by molar-refractivity contribution is 5.99. The molecule has 0 saturated heterocycles. The van der Waals surface area contributed by atoms with Crippen molar-refractivity contribution in [2.45, 2.75) is 50.1 Å². The quantitative estimate of drug-likeness (QED) is 0.677. The Morgan fingerprint density at radius 1 is 1.05 bits per heavy atom. The van der Waals surface area contributed by atoms with Gasteiger partial charge in [-0.3, -0.25) is 4.79 Å². The Kier molecular flexibility index (Phi) is 2.73. The van der Waals surface area contributed by atoms with Gasteiger partial charge < -0.3 is 0 Å². The molecule has 3 rings (SSSR count). The molecule has 102 valence electrons. The highest BCUT2D eigenvalue weighted by atomic mass is 19.4. The third kappa shape index (κ3) is 1.97. The van der Waals surface area contributed by atoms with E-state index in [-0.39, 0.29) is 11.2 Å². The smallest absolute Gasteiger partial charge is 0.294 e. The standard InChI is InChI=1S/C15H15F3O/c16-15(17,18)10-3-4-11-12(9-10)14(6-1-2-7-14)8-5-13(11)19/h3-4,9H,1-2,5-8H2. The van der Waals surface area contributed by atoms with Crippen molar-refractivity contribution >= 4 is 5.78 Å². The molecule has 0 aliphatic heterocycles. The second kappa shape index (κ2) is 4.09. The summed E-state index contributed by atoms with van der Waals surface area (Å²) in [5, 5.41) is 0. The minimum Gasteiger partial charge on any atom is -0.294 e. The van der Waals surface area contributed by atoms with Crippen LogP contribution in [0.25, 0.3) is 0 Å². The van der Waals surface area contributed by atoms with E-state index in [1.54, 1.807) is 0 Å². The SMILES string of the molecule is O=C1CCC2(CCCC2)c2cc(C(F)(F)F)ccc21. The van der Waals surface area contributed by atoms with Crippen LogP contribution >= 0.6 is 0 Å². The molecule has 2 aliphatic carbocycles. The average molecular weight is 268 g/mol. The van der Waals surface area contributed by atoms with Crippen molar-refractivity contribution in [3.8, 4) is 0 Å². The van der Waals surface area contributed by atoms with Crippen LogP contribution in [0.15, 0.2) is 18.2 Å². The Morgan fingerprint density at radius 2 is 1.74 bits per heavy atom. The third-order valence-corrected chi connectivity index (χ3v) is 4.61. The first-order chi connectivity index (χ1) is 8.92. The summed E-state index contributed by atoms with van der Waals surface area (Å²) >= 11 is 0. The molecule has 1 aromatic carbocycles. The van der Waals surface area contributed by atoms with Crippen LogP contribution in [0.3, 0.4) is 0 Å². The molecule has 19 heavy (non-hydrogen) atoms. The molecule has 0 aromatic heterocycles. The van der Waals surface area contributed by atoms with Gasteiger partial charge >= 0.3 is 6.18 Å². The van der Waals surface area contributed by atoms with E-state index < -0.39 is 11.7 Å². The van der Waals surface area contributed by atoms with Crippen LogP contribution in [0, 0.1) is 0 Å². The fourth-order valence-electron chi connectivity index (χ4n) is 3.60. The van der Waals surface area contributed by atoms with Crippen molar-refractivity contribution in [3.63, 3.8) is 0 Å². The molecule has 1 aromatic rings. The van der Waals surface area contributed by atoms with E-state index in [1.807, 2.05) is 0 Å². The maximum atomic E-state index is 12.8. The molecule has 0 N–H and O–H groups in total. The van der Waals surface area contributed by atoms with Crippen LogP contribution in [-0.4, -0.2) is 5.78 Å². The lowest BCUT2D eigenvalue weighted by Gasteiger charge is -2.35. The molecule has 0 atom stereocenters. The van der Waals surface area contributed by atoms with E-state index in [0.29, 0.717) is 24.0 Å². The van der Waals surface area contributed by atoms with Crippen LogP contribution < -0.4 is 0 Å². The number of hydrogen-bond donors (Lipinski definition) is 0. The summed E-state index contributed by atoms with van der Waals surface area (Å²) in [6.07, 6.45) is 0.755. The first-order valence-corrected chi connectivity index (χ1v) is 6.67. The Morgan fingerprint density at radius 3 is 2.37 bits per heavy atom. The molecule has 2 aliphatic rings. The molecule has 0 heterocycles. The first-order valence-electron chi connectivity index (χ1n) is 6.67. The van der Waals surface area contributed by atoms with Gasteiger partial charge in [-0.05, 0) is 42.4 Å². The summed E-state index contributed by atoms with van der Waals surface area (Å²) in [5.74, 6) is -0.0127. The Bertz CT molecular complexity index is 525. The second-order valence-electron chi connectivity index (χ2n) is 5.67. The van der Waals surface area contributed by atoms with E-state index in [0.717, 1.165) is 31.7 Å². The van der Waals surface area contributed by atoms with Crippen LogP contribution in [-0.2, 0) is 11.6 Å². The third-order valence-electron chi connectivity index (χ3n) is 4.61. The zero-order valence-corrected chi connectivity index (χ0v) is 10.5. The predicted octanol–water partition coefficient (Wildman–Crippen LogP) is 4.49. The van der Waals surface area contributed by atoms with Gasteiger partial charge in [0, 0.05) is 12.0 Å². The number of hydrogen-bond acceptors (Lipinski definition) is 1. The maximum absolute atomic E-state index is 12.8. The number of carbonyl (C=O) groups is 1. The summed E-state index contributed by atoms with van der Waals surface area (Å²) < 4.78 is 38.5. The number of benzene rings is 1. The molecule has 0 amide bonds. The highest BCUT2D eigenvalue weighted by Gasteiger charge is 2.43. The molecule has 1 spiro atoms. The number of ketones is 1. The monoisotopic (exact) mass is 268 g/mol. The number of Topliss-reactive ketones (excluding diaryl/α,β-unsaturated/α-hetero) is 1. The van der Waals surface area contributed by atoms with Crippen molar-refractivity contribution in [1.82, 2.24) is 0 Å². The van der Waals surface area contributed by atoms with Crippen molar-refractivity contribution in [3.05, 3.63) is 34.9 Å². The van der Waals surface area contributed by atoms with E-state index in [4.69, 9.17) is 0 Å². The van der Waals surface area contributed by atoms with Crippen LogP contribution in [0.5, 0.6) is 0 Å². The zero-order valence-electron chi connectivity index (χ0n) is 10.5. The molecule has 1 saturated carbocycles. The Labute approximate surface area is 109 Å². The molecule has 1 nitrogen and oxygen atoms in total. The van der Waals surface area contributed by atoms with Gasteiger partial charge in [-0.15, -0.1) is 0 Å². The lowest BCUT2D eigenvalue weighted by atomic mass is 9.68. The molecule has 4 heteroatoms. The van der Waals surface area contributed by atoms with Gasteiger partial charge in [-0.1, -0.05) is 18.9 Å². The molecule has 0 unspecified atom stereocenters. The van der Waals surface area contributed by atoms with E-state index in [9.17, 15) is 18.0 Å². The number of alkyl halides is 3. The molecular formula is C15H15F3O. The van der Waals surface area contributed by atoms with Crippen molar-refractivity contribution in [2.24, 2.45) is 0 Å². The minimum atomic E-state index is -4.34. The Balaban J connectivity index is 2.15. The summed E-state index contributed by atoms with van der Waals surface area (Å²) in [6.45, 7) is 0. The summed E-state index contributed by atoms with van der Waals surface area (Å²) in [6, 6.07) is 3.63. The van der Waals surface area contributed by atoms with Crippen molar-refractivity contribution in [1.29, 1.82) is 0 Å². The molecule has 0 bridgehead atoms. The van der Waals surface area contributed by atoms with Gasteiger partial charge in [0.1, 0.15) is 0 Å². The van der Waals surface area contributed by atoms with Gasteiger partial charge in [0.05, 0.1) is 5.56 Å². The number of fused-ring (bicyclic) bond motifs is 2. The van der Waals surface area contributed by atoms with E-state index in [1.165, 1.54) is 12.1 Å². The van der Waals surface area contributed by atoms with Crippen LogP contribution in [0.1, 0.15) is 60.0 Å². The number of carbonyl (C=O) groups excluding carboxylic acids is 1. The zero-order chi connectivity index (χ0) is 13.7. The van der Waals surface area contributed by atoms with E-state index in [2.05, 4.69) is 0 Å². The van der Waals surface area contributed by atoms with Gasteiger partial charge in [0.25, 0.3) is 0 Å². The lowest BCUT2D eigenvalue weighted by molar-refractivity contribution is -0.137. The largest absolute Gasteiger partial charge is 0.416 e. The average Bonchev–Trinajstić information content (AvgIpc) is 2.83. The Hall–Kier alpha value is -1.32. The van der Waals surface area contributed by atoms with Crippen molar-refractivity contribution in [2.75, 3.05) is 0 Å². The molecular weight excluding hydrogens is 253 g/mol. The summed E-state index contributed by atoms with van der Waals surface area (Å²) in [7, 11) is 0. The lowest BCUT2D eigenvalue weighted by Crippen LogP contribution is -2.31. The van der Waals surface area contributed by atoms with Gasteiger partial charge in [0.2, 0.25) is 0 Å². The van der Waals surface area contributed by atoms with Gasteiger partial charge in [-0.2, -0.15) is 13.2 Å². The molecule has 1 fully saturated rings. The number of rotatable bonds is 0. The topological polar surface area (TPSA) is 17.1 Å². The number of halogens is 3. The van der Waals surface area contributed by atoms with Crippen molar-refractivity contribution < 1.29 is 18.0 Å². The summed E-state index contributed by atoms with van der Waals surface area (Å²) in [4.78, 5) is 11.9. The normalized spacial score (nSPS) is 21.7. The maximum Gasteiger partial charge on any atom is 0.416 e. The van der Waals surface area contributed by atoms with Crippen LogP contribution in [0.4, 0.5) is 13.2 Å². The summed E-state index contributed by atoms with van der Waals surface area (Å²) in [5.41, 5.74) is 0.356.